The summed E-state index contributed by atoms with van der Waals surface area (Å²) in [6.07, 6.45) is 0.300. The zero-order valence-corrected chi connectivity index (χ0v) is 6.34. The highest BCUT2D eigenvalue weighted by atomic mass is 127. The first-order valence-electron chi connectivity index (χ1n) is 2.34. The van der Waals surface area contributed by atoms with Gasteiger partial charge in [0.2, 0.25) is 0 Å². The van der Waals surface area contributed by atoms with E-state index < -0.39 is 0 Å². The molecule has 1 N–H and O–H groups in total. The summed E-state index contributed by atoms with van der Waals surface area (Å²) in [7, 11) is 0. The van der Waals surface area contributed by atoms with Gasteiger partial charge in [-0.05, 0) is 0 Å². The Balaban J connectivity index is 1.95. The molecule has 1 rings (SSSR count). The van der Waals surface area contributed by atoms with E-state index in [1.165, 1.54) is 0 Å². The van der Waals surface area contributed by atoms with Gasteiger partial charge in [0, 0.05) is 29.1 Å². The van der Waals surface area contributed by atoms with Crippen molar-refractivity contribution in [3.8, 4) is 0 Å². The van der Waals surface area contributed by atoms with Crippen LogP contribution in [0.25, 0.3) is 0 Å². The second-order valence-electron chi connectivity index (χ2n) is 1.61. The molecule has 1 aliphatic heterocycles. The van der Waals surface area contributed by atoms with Crippen molar-refractivity contribution < 1.29 is 9.53 Å². The third-order valence-corrected chi connectivity index (χ3v) is 1.25. The Morgan fingerprint density at radius 3 is 3.00 bits per heavy atom. The Morgan fingerprint density at radius 1 is 2.00 bits per heavy atom. The summed E-state index contributed by atoms with van der Waals surface area (Å²) in [6, 6.07) is 0. The average Bonchev–Trinajstić information content (AvgIpc) is 2.41. The van der Waals surface area contributed by atoms with Gasteiger partial charge in [-0.15, -0.1) is 0 Å². The number of carbonyl (C=O) groups is 1. The molecule has 3 nitrogen and oxygen atoms in total. The van der Waals surface area contributed by atoms with Crippen LogP contribution in [0.15, 0.2) is 0 Å². The van der Waals surface area contributed by atoms with E-state index in [2.05, 4.69) is 5.32 Å². The summed E-state index contributed by atoms with van der Waals surface area (Å²) in [6.45, 7) is 1.47. The predicted octanol–water partition coefficient (Wildman–Crippen LogP) is 0.530. The van der Waals surface area contributed by atoms with Crippen molar-refractivity contribution in [2.75, 3.05) is 13.2 Å². The van der Waals surface area contributed by atoms with E-state index in [9.17, 15) is 4.79 Å². The van der Waals surface area contributed by atoms with E-state index in [0.29, 0.717) is 12.6 Å². The van der Waals surface area contributed by atoms with Gasteiger partial charge in [0.05, 0.1) is 12.7 Å². The molecule has 1 saturated heterocycles. The number of hydrogen-bond acceptors (Lipinski definition) is 2. The number of halogens is 1. The Labute approximate surface area is 60.9 Å². The summed E-state index contributed by atoms with van der Waals surface area (Å²) < 4.78 is 4.83. The Bertz CT molecular complexity index is 102. The molecule has 1 unspecified atom stereocenters. The third-order valence-electron chi connectivity index (χ3n) is 0.871. The summed E-state index contributed by atoms with van der Waals surface area (Å²) in [5.74, 6) is 0. The molecule has 0 spiro atoms. The number of amides is 1. The van der Waals surface area contributed by atoms with Crippen LogP contribution in [-0.2, 0) is 4.74 Å². The first-order valence-corrected chi connectivity index (χ1v) is 3.42. The third kappa shape index (κ3) is 2.46. The van der Waals surface area contributed by atoms with Crippen LogP contribution in [0.3, 0.4) is 0 Å². The summed E-state index contributed by atoms with van der Waals surface area (Å²) in [5.41, 5.74) is 0. The monoisotopic (exact) mass is 227 g/mol. The fourth-order valence-electron chi connectivity index (χ4n) is 0.380. The molecule has 1 atom stereocenters. The van der Waals surface area contributed by atoms with E-state index in [4.69, 9.17) is 4.74 Å². The maximum Gasteiger partial charge on any atom is 0.280 e. The molecule has 46 valence electrons. The first kappa shape index (κ1) is 6.28. The lowest BCUT2D eigenvalue weighted by atomic mass is 10.5. The normalized spacial score (nSPS) is 24.9. The van der Waals surface area contributed by atoms with Crippen molar-refractivity contribution in [3.05, 3.63) is 0 Å². The SMILES string of the molecule is O=C(I)NCC1CO1. The van der Waals surface area contributed by atoms with Gasteiger partial charge < -0.3 is 10.1 Å². The highest BCUT2D eigenvalue weighted by molar-refractivity contribution is 14.1. The van der Waals surface area contributed by atoms with Crippen molar-refractivity contribution in [2.45, 2.75) is 6.10 Å². The minimum absolute atomic E-state index is 0.0156. The van der Waals surface area contributed by atoms with E-state index in [0.717, 1.165) is 6.61 Å². The molecule has 8 heavy (non-hydrogen) atoms. The van der Waals surface area contributed by atoms with Crippen LogP contribution in [-0.4, -0.2) is 23.2 Å². The first-order chi connectivity index (χ1) is 3.79. The highest BCUT2D eigenvalue weighted by Crippen LogP contribution is 2.06. The number of epoxide rings is 1. The van der Waals surface area contributed by atoms with Crippen LogP contribution in [0.2, 0.25) is 0 Å². The minimum Gasteiger partial charge on any atom is -0.371 e. The molecule has 0 aromatic rings. The molecule has 0 saturated carbocycles. The van der Waals surface area contributed by atoms with Crippen molar-refractivity contribution in [2.24, 2.45) is 0 Å². The van der Waals surface area contributed by atoms with Gasteiger partial charge in [0.1, 0.15) is 0 Å². The largest absolute Gasteiger partial charge is 0.371 e. The van der Waals surface area contributed by atoms with Gasteiger partial charge >= 0.3 is 0 Å². The van der Waals surface area contributed by atoms with Crippen LogP contribution in [0, 0.1) is 0 Å². The van der Waals surface area contributed by atoms with Gasteiger partial charge in [-0.2, -0.15) is 0 Å². The van der Waals surface area contributed by atoms with Gasteiger partial charge in [0.15, 0.2) is 0 Å². The van der Waals surface area contributed by atoms with E-state index >= 15 is 0 Å². The number of carbonyl (C=O) groups excluding carboxylic acids is 1. The summed E-state index contributed by atoms with van der Waals surface area (Å²) >= 11 is 1.70. The van der Waals surface area contributed by atoms with Crippen molar-refractivity contribution >= 4 is 26.5 Å². The van der Waals surface area contributed by atoms with Crippen LogP contribution >= 0.6 is 22.6 Å². The molecule has 1 amide bonds. The predicted molar refractivity (Wildman–Crippen MR) is 37.2 cm³/mol. The van der Waals surface area contributed by atoms with Crippen molar-refractivity contribution in [3.63, 3.8) is 0 Å². The average molecular weight is 227 g/mol. The molecule has 1 fully saturated rings. The van der Waals surface area contributed by atoms with E-state index in [-0.39, 0.29) is 3.91 Å². The molecular weight excluding hydrogens is 221 g/mol. The molecular formula is C4H6INO2. The zero-order chi connectivity index (χ0) is 5.98. The lowest BCUT2D eigenvalue weighted by molar-refractivity contribution is 0.261. The number of nitrogens with one attached hydrogen (secondary N) is 1. The second-order valence-corrected chi connectivity index (χ2v) is 2.59. The molecule has 0 radical (unpaired) electrons. The molecule has 0 aromatic heterocycles. The van der Waals surface area contributed by atoms with Crippen molar-refractivity contribution in [1.29, 1.82) is 0 Å². The Kier molecular flexibility index (Phi) is 2.07. The lowest BCUT2D eigenvalue weighted by Gasteiger charge is -1.92. The Hall–Kier alpha value is 0.160. The van der Waals surface area contributed by atoms with Crippen LogP contribution in [0.5, 0.6) is 0 Å². The smallest absolute Gasteiger partial charge is 0.280 e. The van der Waals surface area contributed by atoms with Gasteiger partial charge in [0.25, 0.3) is 3.91 Å². The summed E-state index contributed by atoms with van der Waals surface area (Å²) in [5, 5.41) is 2.63. The molecule has 4 heteroatoms. The van der Waals surface area contributed by atoms with Gasteiger partial charge in [-0.25, -0.2) is 0 Å². The molecule has 0 bridgehead atoms. The van der Waals surface area contributed by atoms with Crippen LogP contribution in [0.4, 0.5) is 4.79 Å². The lowest BCUT2D eigenvalue weighted by Crippen LogP contribution is -2.21. The van der Waals surface area contributed by atoms with Gasteiger partial charge in [-0.3, -0.25) is 4.79 Å². The molecule has 1 aliphatic rings. The van der Waals surface area contributed by atoms with E-state index in [1.54, 1.807) is 22.6 Å². The minimum atomic E-state index is -0.0156. The van der Waals surface area contributed by atoms with E-state index in [1.807, 2.05) is 0 Å². The number of rotatable bonds is 2. The maximum absolute atomic E-state index is 10.2. The molecule has 0 aromatic carbocycles. The Morgan fingerprint density at radius 2 is 2.62 bits per heavy atom. The fourth-order valence-corrected chi connectivity index (χ4v) is 0.600. The topological polar surface area (TPSA) is 41.6 Å². The van der Waals surface area contributed by atoms with Gasteiger partial charge in [-0.1, -0.05) is 0 Å². The maximum atomic E-state index is 10.2. The molecule has 1 heterocycles. The van der Waals surface area contributed by atoms with Crippen LogP contribution < -0.4 is 5.32 Å². The quantitative estimate of drug-likeness (QED) is 0.323. The van der Waals surface area contributed by atoms with Crippen molar-refractivity contribution in [1.82, 2.24) is 5.32 Å². The number of ether oxygens (including phenoxy) is 1. The fraction of sp³-hybridized carbons (Fsp3) is 0.750. The number of hydrogen-bond donors (Lipinski definition) is 1. The van der Waals surface area contributed by atoms with Crippen LogP contribution in [0.1, 0.15) is 0 Å². The molecule has 0 aliphatic carbocycles. The standard InChI is InChI=1S/C4H6INO2/c5-4(7)6-1-3-2-8-3/h3H,1-2H2,(H,6,7). The summed E-state index contributed by atoms with van der Waals surface area (Å²) in [4.78, 5) is 10.2. The highest BCUT2D eigenvalue weighted by Gasteiger charge is 2.21. The second kappa shape index (κ2) is 2.63. The zero-order valence-electron chi connectivity index (χ0n) is 4.19.